The summed E-state index contributed by atoms with van der Waals surface area (Å²) in [6.07, 6.45) is 3.65. The SMILES string of the molecule is NCC1(c2cccc(Br)c2)CCOCC1.[AlH3].[C-]#[N+]C1(c2cccc(Br)c2)CCOCC1.[H-].[Li+]. The third-order valence-corrected chi connectivity index (χ3v) is 7.16. The molecule has 2 aliphatic heterocycles. The van der Waals surface area contributed by atoms with Gasteiger partial charge in [-0.2, -0.15) is 0 Å². The monoisotopic (exact) mass is 572 g/mol. The van der Waals surface area contributed by atoms with E-state index in [9.17, 15) is 0 Å². The van der Waals surface area contributed by atoms with Gasteiger partial charge in [-0.25, -0.2) is 6.57 Å². The van der Waals surface area contributed by atoms with Gasteiger partial charge in [0.05, 0.1) is 26.1 Å². The fourth-order valence-electron chi connectivity index (χ4n) is 4.14. The molecule has 2 aromatic rings. The number of benzene rings is 2. The summed E-state index contributed by atoms with van der Waals surface area (Å²) in [6.45, 7) is 11.1. The van der Waals surface area contributed by atoms with Crippen LogP contribution in [0.4, 0.5) is 0 Å². The minimum absolute atomic E-state index is 0. The van der Waals surface area contributed by atoms with Crippen molar-refractivity contribution in [1.82, 2.24) is 0 Å². The summed E-state index contributed by atoms with van der Waals surface area (Å²) in [7, 11) is 0. The molecule has 0 amide bonds. The zero-order chi connectivity index (χ0) is 21.5. The first-order chi connectivity index (χ1) is 14.5. The van der Waals surface area contributed by atoms with Gasteiger partial charge in [-0.15, -0.1) is 0 Å². The minimum Gasteiger partial charge on any atom is -1.00 e. The van der Waals surface area contributed by atoms with Crippen LogP contribution >= 0.6 is 31.9 Å². The van der Waals surface area contributed by atoms with Gasteiger partial charge in [0, 0.05) is 39.7 Å². The van der Waals surface area contributed by atoms with E-state index in [0.29, 0.717) is 19.8 Å². The average molecular weight is 574 g/mol. The average Bonchev–Trinajstić information content (AvgIpc) is 2.80. The molecular weight excluding hydrogens is 542 g/mol. The summed E-state index contributed by atoms with van der Waals surface area (Å²) in [5, 5.41) is 0. The van der Waals surface area contributed by atoms with Crippen molar-refractivity contribution >= 4 is 49.2 Å². The largest absolute Gasteiger partial charge is 1.00 e. The summed E-state index contributed by atoms with van der Waals surface area (Å²) in [5.41, 5.74) is 8.16. The van der Waals surface area contributed by atoms with E-state index in [4.69, 9.17) is 21.8 Å². The maximum absolute atomic E-state index is 7.41. The Bertz CT molecular complexity index is 889. The summed E-state index contributed by atoms with van der Waals surface area (Å²) < 4.78 is 12.9. The van der Waals surface area contributed by atoms with Crippen molar-refractivity contribution in [3.8, 4) is 0 Å². The quantitative estimate of drug-likeness (QED) is 0.450. The first-order valence-electron chi connectivity index (χ1n) is 10.3. The first-order valence-corrected chi connectivity index (χ1v) is 11.9. The summed E-state index contributed by atoms with van der Waals surface area (Å²) in [6, 6.07) is 16.5. The van der Waals surface area contributed by atoms with Crippen LogP contribution in [0.2, 0.25) is 0 Å². The van der Waals surface area contributed by atoms with E-state index in [1.807, 2.05) is 30.3 Å². The van der Waals surface area contributed by atoms with E-state index in [2.05, 4.69) is 54.9 Å². The first kappa shape index (κ1) is 29.9. The Balaban J connectivity index is 0.000000569. The fourth-order valence-corrected chi connectivity index (χ4v) is 4.94. The number of halogens is 2. The molecule has 168 valence electrons. The van der Waals surface area contributed by atoms with E-state index in [0.717, 1.165) is 53.4 Å². The van der Waals surface area contributed by atoms with Crippen molar-refractivity contribution < 1.29 is 29.8 Å². The number of hydrogen-bond acceptors (Lipinski definition) is 3. The Morgan fingerprint density at radius 2 is 1.34 bits per heavy atom. The van der Waals surface area contributed by atoms with Gasteiger partial charge in [-0.3, -0.25) is 0 Å². The molecule has 2 fully saturated rings. The predicted octanol–water partition coefficient (Wildman–Crippen LogP) is 1.76. The van der Waals surface area contributed by atoms with Gasteiger partial charge in [-0.05, 0) is 42.7 Å². The third kappa shape index (κ3) is 7.45. The van der Waals surface area contributed by atoms with E-state index < -0.39 is 0 Å². The Morgan fingerprint density at radius 3 is 1.81 bits per heavy atom. The van der Waals surface area contributed by atoms with Gasteiger partial charge in [0.1, 0.15) is 0 Å². The molecule has 4 rings (SSSR count). The molecule has 2 heterocycles. The van der Waals surface area contributed by atoms with E-state index in [1.165, 1.54) is 5.56 Å². The van der Waals surface area contributed by atoms with Crippen molar-refractivity contribution in [2.24, 2.45) is 5.73 Å². The Labute approximate surface area is 232 Å². The Hall–Kier alpha value is -0.100. The molecular formula is C24H32AlBr2LiN2O2. The summed E-state index contributed by atoms with van der Waals surface area (Å²) in [4.78, 5) is 3.84. The number of nitrogens with zero attached hydrogens (tertiary/aromatic N) is 1. The van der Waals surface area contributed by atoms with E-state index in [1.54, 1.807) is 0 Å². The standard InChI is InChI=1S/C12H12BrNO.C12H16BrNO.Al.Li.4H/c1-14-12(5-7-15-8-6-12)10-3-2-4-11(13)9-10;13-11-3-1-2-10(8-11)12(9-14)4-6-15-7-5-12;;;;;;/h2-4,9H,5-8H2;1-3,8H,4-7,9,14H2;;;;;;/q;;;+1;;;;-1. The molecule has 4 nitrogen and oxygen atoms in total. The van der Waals surface area contributed by atoms with Crippen LogP contribution in [0.3, 0.4) is 0 Å². The van der Waals surface area contributed by atoms with Crippen LogP contribution in [-0.2, 0) is 20.4 Å². The zero-order valence-corrected chi connectivity index (χ0v) is 21.3. The smallest absolute Gasteiger partial charge is 1.00 e. The van der Waals surface area contributed by atoms with Crippen LogP contribution in [-0.4, -0.2) is 50.3 Å². The van der Waals surface area contributed by atoms with Crippen LogP contribution in [0.25, 0.3) is 4.85 Å². The molecule has 0 saturated carbocycles. The van der Waals surface area contributed by atoms with Crippen molar-refractivity contribution in [2.75, 3.05) is 33.0 Å². The number of ether oxygens (including phenoxy) is 2. The summed E-state index contributed by atoms with van der Waals surface area (Å²) >= 11 is 6.96. The molecule has 0 bridgehead atoms. The van der Waals surface area contributed by atoms with Gasteiger partial charge < -0.3 is 21.5 Å². The van der Waals surface area contributed by atoms with Gasteiger partial charge in [-0.1, -0.05) is 56.1 Å². The third-order valence-electron chi connectivity index (χ3n) is 6.17. The fraction of sp³-hybridized carbons (Fsp3) is 0.458. The second-order valence-corrected chi connectivity index (χ2v) is 9.70. The van der Waals surface area contributed by atoms with E-state index >= 15 is 0 Å². The molecule has 0 radical (unpaired) electrons. The molecule has 0 unspecified atom stereocenters. The molecule has 2 N–H and O–H groups in total. The molecule has 0 aromatic heterocycles. The number of rotatable bonds is 3. The molecule has 8 heteroatoms. The maximum Gasteiger partial charge on any atom is 1.00 e. The zero-order valence-electron chi connectivity index (χ0n) is 19.1. The van der Waals surface area contributed by atoms with Crippen LogP contribution in [0.5, 0.6) is 0 Å². The van der Waals surface area contributed by atoms with Gasteiger partial charge in [0.2, 0.25) is 0 Å². The van der Waals surface area contributed by atoms with Gasteiger partial charge in [0.25, 0.3) is 5.54 Å². The van der Waals surface area contributed by atoms with Gasteiger partial charge in [0.15, 0.2) is 17.4 Å². The predicted molar refractivity (Wildman–Crippen MR) is 138 cm³/mol. The summed E-state index contributed by atoms with van der Waals surface area (Å²) in [5.74, 6) is 0. The molecule has 32 heavy (non-hydrogen) atoms. The number of nitrogens with two attached hydrogens (primary N) is 1. The molecule has 0 aliphatic carbocycles. The van der Waals surface area contributed by atoms with Crippen LogP contribution in [0.15, 0.2) is 57.5 Å². The van der Waals surface area contributed by atoms with Crippen molar-refractivity contribution in [1.29, 1.82) is 0 Å². The van der Waals surface area contributed by atoms with Gasteiger partial charge >= 0.3 is 18.9 Å². The minimum atomic E-state index is -0.359. The van der Waals surface area contributed by atoms with Crippen molar-refractivity contribution in [3.63, 3.8) is 0 Å². The number of hydrogen-bond donors (Lipinski definition) is 1. The maximum atomic E-state index is 7.41. The Morgan fingerprint density at radius 1 is 0.875 bits per heavy atom. The second kappa shape index (κ2) is 14.3. The van der Waals surface area contributed by atoms with Crippen molar-refractivity contribution in [2.45, 2.75) is 36.6 Å². The molecule has 2 aliphatic rings. The molecule has 2 aromatic carbocycles. The molecule has 2 saturated heterocycles. The van der Waals surface area contributed by atoms with Crippen molar-refractivity contribution in [3.05, 3.63) is 80.0 Å². The van der Waals surface area contributed by atoms with E-state index in [-0.39, 0.29) is 48.6 Å². The molecule has 0 atom stereocenters. The van der Waals surface area contributed by atoms with Crippen LogP contribution < -0.4 is 24.6 Å². The topological polar surface area (TPSA) is 48.8 Å². The second-order valence-electron chi connectivity index (χ2n) is 7.87. The van der Waals surface area contributed by atoms with Crippen LogP contribution in [0, 0.1) is 6.57 Å². The molecule has 0 spiro atoms. The Kier molecular flexibility index (Phi) is 13.4. The normalized spacial score (nSPS) is 18.6. The van der Waals surface area contributed by atoms with Crippen LogP contribution in [0.1, 0.15) is 38.2 Å².